The summed E-state index contributed by atoms with van der Waals surface area (Å²) in [5.74, 6) is -1.36. The molecule has 172 valence electrons. The van der Waals surface area contributed by atoms with Crippen LogP contribution in [0, 0.1) is 6.92 Å². The van der Waals surface area contributed by atoms with Gasteiger partial charge in [0.2, 0.25) is 0 Å². The number of benzene rings is 2. The van der Waals surface area contributed by atoms with Crippen LogP contribution in [0.15, 0.2) is 64.6 Å². The average molecular weight is 479 g/mol. The Hall–Kier alpha value is -4.17. The first-order valence-corrected chi connectivity index (χ1v) is 10.7. The molecule has 1 N–H and O–H groups in total. The molecule has 0 radical (unpaired) electrons. The number of rotatable bonds is 5. The second-order valence-electron chi connectivity index (χ2n) is 7.39. The predicted molar refractivity (Wildman–Crippen MR) is 125 cm³/mol. The Balaban J connectivity index is 1.60. The van der Waals surface area contributed by atoms with E-state index in [1.165, 1.54) is 12.1 Å². The second-order valence-corrected chi connectivity index (χ2v) is 7.80. The number of carbonyl (C=O) groups is 4. The molecule has 8 nitrogen and oxygen atoms in total. The van der Waals surface area contributed by atoms with Crippen LogP contribution in [0.4, 0.5) is 10.5 Å². The lowest BCUT2D eigenvalue weighted by Crippen LogP contribution is -2.54. The third-order valence-corrected chi connectivity index (χ3v) is 5.52. The van der Waals surface area contributed by atoms with Crippen LogP contribution in [0.3, 0.4) is 0 Å². The Kier molecular flexibility index (Phi) is 6.34. The smallest absolute Gasteiger partial charge is 0.338 e. The summed E-state index contributed by atoms with van der Waals surface area (Å²) < 4.78 is 10.7. The van der Waals surface area contributed by atoms with Gasteiger partial charge in [0.1, 0.15) is 17.1 Å². The second kappa shape index (κ2) is 9.36. The topological polar surface area (TPSA) is 106 Å². The quantitative estimate of drug-likeness (QED) is 0.322. The van der Waals surface area contributed by atoms with Gasteiger partial charge in [-0.25, -0.2) is 14.5 Å². The normalized spacial score (nSPS) is 15.0. The van der Waals surface area contributed by atoms with Crippen LogP contribution in [0.1, 0.15) is 28.6 Å². The summed E-state index contributed by atoms with van der Waals surface area (Å²) in [7, 11) is 0. The molecular weight excluding hydrogens is 460 g/mol. The summed E-state index contributed by atoms with van der Waals surface area (Å²) in [6.07, 6.45) is 1.27. The summed E-state index contributed by atoms with van der Waals surface area (Å²) in [5, 5.41) is 2.54. The van der Waals surface area contributed by atoms with Gasteiger partial charge < -0.3 is 9.15 Å². The van der Waals surface area contributed by atoms with E-state index < -0.39 is 23.8 Å². The molecule has 1 aliphatic rings. The number of halogens is 1. The number of furan rings is 1. The number of imide groups is 2. The minimum atomic E-state index is -0.867. The predicted octanol–water partition coefficient (Wildman–Crippen LogP) is 4.75. The van der Waals surface area contributed by atoms with Crippen molar-refractivity contribution in [2.75, 3.05) is 11.5 Å². The minimum absolute atomic E-state index is 0.235. The van der Waals surface area contributed by atoms with E-state index in [2.05, 4.69) is 5.32 Å². The van der Waals surface area contributed by atoms with E-state index in [4.69, 9.17) is 20.8 Å². The molecule has 4 amide bonds. The molecule has 0 atom stereocenters. The minimum Gasteiger partial charge on any atom is -0.462 e. The van der Waals surface area contributed by atoms with Gasteiger partial charge in [0, 0.05) is 10.6 Å². The highest BCUT2D eigenvalue weighted by Gasteiger charge is 2.37. The van der Waals surface area contributed by atoms with Crippen LogP contribution in [0.25, 0.3) is 17.4 Å². The molecule has 1 fully saturated rings. The fourth-order valence-corrected chi connectivity index (χ4v) is 3.50. The number of amides is 4. The highest BCUT2D eigenvalue weighted by Crippen LogP contribution is 2.28. The summed E-state index contributed by atoms with van der Waals surface area (Å²) in [6, 6.07) is 13.7. The molecule has 0 saturated carbocycles. The molecule has 0 bridgehead atoms. The molecule has 34 heavy (non-hydrogen) atoms. The van der Waals surface area contributed by atoms with Gasteiger partial charge in [-0.1, -0.05) is 29.8 Å². The first-order chi connectivity index (χ1) is 16.3. The third kappa shape index (κ3) is 4.49. The van der Waals surface area contributed by atoms with Crippen LogP contribution in [0.5, 0.6) is 0 Å². The van der Waals surface area contributed by atoms with Crippen LogP contribution >= 0.6 is 11.6 Å². The van der Waals surface area contributed by atoms with Gasteiger partial charge >= 0.3 is 12.0 Å². The highest BCUT2D eigenvalue weighted by atomic mass is 35.5. The maximum atomic E-state index is 13.0. The van der Waals surface area contributed by atoms with Gasteiger partial charge in [-0.3, -0.25) is 14.9 Å². The highest BCUT2D eigenvalue weighted by molar-refractivity contribution is 6.39. The molecule has 3 aromatic rings. The molecule has 0 unspecified atom stereocenters. The number of ether oxygens (including phenoxy) is 1. The maximum Gasteiger partial charge on any atom is 0.338 e. The fourth-order valence-electron chi connectivity index (χ4n) is 3.33. The van der Waals surface area contributed by atoms with Crippen molar-refractivity contribution >= 4 is 47.2 Å². The monoisotopic (exact) mass is 478 g/mol. The Morgan fingerprint density at radius 2 is 1.82 bits per heavy atom. The number of hydrogen-bond acceptors (Lipinski definition) is 6. The summed E-state index contributed by atoms with van der Waals surface area (Å²) in [4.78, 5) is 50.4. The van der Waals surface area contributed by atoms with Crippen molar-refractivity contribution < 1.29 is 28.3 Å². The van der Waals surface area contributed by atoms with Crippen LogP contribution in [0.2, 0.25) is 5.02 Å². The van der Waals surface area contributed by atoms with Crippen LogP contribution in [-0.4, -0.2) is 30.4 Å². The lowest BCUT2D eigenvalue weighted by Gasteiger charge is -2.26. The molecule has 1 aliphatic heterocycles. The molecule has 0 aliphatic carbocycles. The van der Waals surface area contributed by atoms with Gasteiger partial charge in [0.25, 0.3) is 11.8 Å². The van der Waals surface area contributed by atoms with Gasteiger partial charge in [0.05, 0.1) is 17.9 Å². The molecule has 2 aromatic carbocycles. The number of nitrogens with zero attached hydrogens (tertiary/aromatic N) is 1. The lowest BCUT2D eigenvalue weighted by atomic mass is 10.1. The molecule has 4 rings (SSSR count). The maximum absolute atomic E-state index is 13.0. The number of carbonyl (C=O) groups excluding carboxylic acids is 4. The largest absolute Gasteiger partial charge is 0.462 e. The number of anilines is 1. The van der Waals surface area contributed by atoms with Crippen LogP contribution in [-0.2, 0) is 14.3 Å². The standard InChI is InChI=1S/C25H19ClN2O6/c1-3-33-24(31)16-7-5-15(6-8-16)21-11-10-18(34-21)13-19-22(29)27-25(32)28(23(19)30)17-9-4-14(2)20(26)12-17/h4-13H,3H2,1-2H3,(H,27,29,32)/b19-13-. The number of aryl methyl sites for hydroxylation is 1. The summed E-state index contributed by atoms with van der Waals surface area (Å²) >= 11 is 6.14. The fraction of sp³-hybridized carbons (Fsp3) is 0.120. The zero-order chi connectivity index (χ0) is 24.4. The van der Waals surface area contributed by atoms with Gasteiger partial charge in [-0.15, -0.1) is 0 Å². The summed E-state index contributed by atoms with van der Waals surface area (Å²) in [5.41, 5.74) is 1.84. The lowest BCUT2D eigenvalue weighted by molar-refractivity contribution is -0.122. The van der Waals surface area contributed by atoms with E-state index in [1.807, 2.05) is 0 Å². The van der Waals surface area contributed by atoms with E-state index in [-0.39, 0.29) is 23.6 Å². The number of urea groups is 1. The number of nitrogens with one attached hydrogen (secondary N) is 1. The zero-order valence-electron chi connectivity index (χ0n) is 18.3. The van der Waals surface area contributed by atoms with Crippen molar-refractivity contribution in [1.29, 1.82) is 0 Å². The van der Waals surface area contributed by atoms with Crippen molar-refractivity contribution in [3.8, 4) is 11.3 Å². The third-order valence-electron chi connectivity index (χ3n) is 5.11. The average Bonchev–Trinajstić information content (AvgIpc) is 3.28. The summed E-state index contributed by atoms with van der Waals surface area (Å²) in [6.45, 7) is 3.80. The van der Waals surface area contributed by atoms with Crippen molar-refractivity contribution in [1.82, 2.24) is 5.32 Å². The number of esters is 1. The number of barbiturate groups is 1. The molecular formula is C25H19ClN2O6. The molecule has 2 heterocycles. The molecule has 1 aromatic heterocycles. The number of hydrogen-bond donors (Lipinski definition) is 1. The zero-order valence-corrected chi connectivity index (χ0v) is 19.0. The van der Waals surface area contributed by atoms with Crippen molar-refractivity contribution in [3.63, 3.8) is 0 Å². The van der Waals surface area contributed by atoms with Gasteiger partial charge in [0.15, 0.2) is 0 Å². The van der Waals surface area contributed by atoms with E-state index in [1.54, 1.807) is 62.4 Å². The SMILES string of the molecule is CCOC(=O)c1ccc(-c2ccc(/C=C3/C(=O)NC(=O)N(c4ccc(C)c(Cl)c4)C3=O)o2)cc1. The molecule has 1 saturated heterocycles. The Morgan fingerprint density at radius 1 is 1.09 bits per heavy atom. The molecule has 0 spiro atoms. The van der Waals surface area contributed by atoms with Gasteiger partial charge in [-0.2, -0.15) is 0 Å². The first kappa shape index (κ1) is 23.0. The Morgan fingerprint density at radius 3 is 2.50 bits per heavy atom. The van der Waals surface area contributed by atoms with E-state index in [9.17, 15) is 19.2 Å². The Bertz CT molecular complexity index is 1340. The first-order valence-electron chi connectivity index (χ1n) is 10.3. The van der Waals surface area contributed by atoms with E-state index in [0.29, 0.717) is 21.9 Å². The van der Waals surface area contributed by atoms with Crippen molar-refractivity contribution in [3.05, 3.63) is 82.1 Å². The van der Waals surface area contributed by atoms with Crippen molar-refractivity contribution in [2.45, 2.75) is 13.8 Å². The van der Waals surface area contributed by atoms with E-state index >= 15 is 0 Å². The van der Waals surface area contributed by atoms with Gasteiger partial charge in [-0.05, 0) is 61.9 Å². The molecule has 9 heteroatoms. The van der Waals surface area contributed by atoms with Crippen LogP contribution < -0.4 is 10.2 Å². The van der Waals surface area contributed by atoms with Crippen molar-refractivity contribution in [2.24, 2.45) is 0 Å². The Labute approximate surface area is 199 Å². The van der Waals surface area contributed by atoms with E-state index in [0.717, 1.165) is 10.5 Å².